The average molecular weight is 354 g/mol. The molecular weight excluding hydrogens is 328 g/mol. The third kappa shape index (κ3) is 2.14. The fourth-order valence-electron chi connectivity index (χ4n) is 5.35. The minimum absolute atomic E-state index is 0.0269. The van der Waals surface area contributed by atoms with Gasteiger partial charge in [0, 0.05) is 24.7 Å². The van der Waals surface area contributed by atoms with Crippen molar-refractivity contribution in [1.29, 1.82) is 0 Å². The number of fused-ring (bicyclic) bond motifs is 6. The maximum atomic E-state index is 10.0. The summed E-state index contributed by atoms with van der Waals surface area (Å²) in [5.41, 5.74) is 5.19. The largest absolute Gasteiger partial charge is 0.508 e. The maximum absolute atomic E-state index is 10.0. The van der Waals surface area contributed by atoms with E-state index in [0.717, 1.165) is 31.3 Å². The molecule has 1 fully saturated rings. The molecule has 2 bridgehead atoms. The monoisotopic (exact) mass is 354 g/mol. The number of allylic oxidation sites excluding steroid dienone is 1. The van der Waals surface area contributed by atoms with Gasteiger partial charge in [-0.25, -0.2) is 0 Å². The Morgan fingerprint density at radius 2 is 2.15 bits per heavy atom. The third-order valence-electron chi connectivity index (χ3n) is 6.55. The zero-order valence-electron chi connectivity index (χ0n) is 15.6. The van der Waals surface area contributed by atoms with Crippen LogP contribution in [0.25, 0.3) is 10.9 Å². The highest BCUT2D eigenvalue weighted by Gasteiger charge is 2.44. The van der Waals surface area contributed by atoms with Gasteiger partial charge in [0.2, 0.25) is 0 Å². The van der Waals surface area contributed by atoms with Gasteiger partial charge in [0.05, 0.1) is 11.6 Å². The van der Waals surface area contributed by atoms with Crippen LogP contribution in [0, 0.1) is 5.92 Å². The molecule has 3 aliphatic heterocycles. The standard InChI is InChI=1S/C21H26N2O3/c1-4-14-12-9-18-20-15(7-8-22(18)2)16-11-13(24)5-6-17(16)23(20)19(10-12)26-21(14)25-3/h4-6,11-12,18-19,21,24H,7-10H2,1-3H3/b14-4-/t12-,18+,19-,21+/m1/s1. The minimum Gasteiger partial charge on any atom is -0.508 e. The van der Waals surface area contributed by atoms with Crippen molar-refractivity contribution in [3.05, 3.63) is 41.1 Å². The third-order valence-corrected chi connectivity index (χ3v) is 6.55. The summed E-state index contributed by atoms with van der Waals surface area (Å²) in [6.45, 7) is 3.13. The highest BCUT2D eigenvalue weighted by molar-refractivity contribution is 5.87. The summed E-state index contributed by atoms with van der Waals surface area (Å²) in [6.07, 6.45) is 4.94. The number of rotatable bonds is 1. The normalized spacial score (nSPS) is 32.7. The van der Waals surface area contributed by atoms with Crippen molar-refractivity contribution in [3.8, 4) is 5.75 Å². The summed E-state index contributed by atoms with van der Waals surface area (Å²) in [5.74, 6) is 0.799. The topological polar surface area (TPSA) is 46.9 Å². The number of phenolic OH excluding ortho intramolecular Hbond substituents is 1. The lowest BCUT2D eigenvalue weighted by Crippen LogP contribution is -2.34. The average Bonchev–Trinajstić information content (AvgIpc) is 2.89. The number of methoxy groups -OCH3 is 1. The van der Waals surface area contributed by atoms with Crippen LogP contribution in [0.3, 0.4) is 0 Å². The van der Waals surface area contributed by atoms with Crippen molar-refractivity contribution in [2.45, 2.75) is 44.7 Å². The van der Waals surface area contributed by atoms with E-state index < -0.39 is 0 Å². The Hall–Kier alpha value is -1.82. The lowest BCUT2D eigenvalue weighted by atomic mass is 9.84. The zero-order valence-corrected chi connectivity index (χ0v) is 15.6. The van der Waals surface area contributed by atoms with Gasteiger partial charge in [-0.1, -0.05) is 6.08 Å². The van der Waals surface area contributed by atoms with Crippen LogP contribution in [0.5, 0.6) is 5.75 Å². The molecule has 0 radical (unpaired) electrons. The lowest BCUT2D eigenvalue weighted by molar-refractivity contribution is -0.182. The lowest BCUT2D eigenvalue weighted by Gasteiger charge is -2.37. The summed E-state index contributed by atoms with van der Waals surface area (Å²) in [4.78, 5) is 2.48. The predicted octanol–water partition coefficient (Wildman–Crippen LogP) is 3.73. The summed E-state index contributed by atoms with van der Waals surface area (Å²) in [5, 5.41) is 11.2. The number of hydrogen-bond donors (Lipinski definition) is 1. The number of aromatic nitrogens is 1. The Morgan fingerprint density at radius 1 is 1.31 bits per heavy atom. The van der Waals surface area contributed by atoms with Crippen molar-refractivity contribution >= 4 is 10.9 Å². The SMILES string of the molecule is C/C=C1/[C@@H]2C[C@H]3c4c(c5cc(O)ccc5n4[C@@H](C2)O[C@@H]1OC)CCN3C. The molecule has 0 unspecified atom stereocenters. The zero-order chi connectivity index (χ0) is 18.0. The van der Waals surface area contributed by atoms with Crippen LogP contribution in [0.1, 0.15) is 43.3 Å². The first-order chi connectivity index (χ1) is 12.6. The van der Waals surface area contributed by atoms with Crippen molar-refractivity contribution in [2.75, 3.05) is 20.7 Å². The van der Waals surface area contributed by atoms with Crippen LogP contribution >= 0.6 is 0 Å². The molecule has 1 saturated heterocycles. The van der Waals surface area contributed by atoms with Gasteiger partial charge >= 0.3 is 0 Å². The Bertz CT molecular complexity index is 900. The summed E-state index contributed by atoms with van der Waals surface area (Å²) in [6, 6.07) is 6.11. The van der Waals surface area contributed by atoms with E-state index in [1.54, 1.807) is 13.2 Å². The van der Waals surface area contributed by atoms with Crippen molar-refractivity contribution in [3.63, 3.8) is 0 Å². The summed E-state index contributed by atoms with van der Waals surface area (Å²) < 4.78 is 14.5. The molecule has 1 aromatic heterocycles. The first-order valence-electron chi connectivity index (χ1n) is 9.52. The molecule has 3 aliphatic rings. The maximum Gasteiger partial charge on any atom is 0.182 e. The number of nitrogens with zero attached hydrogens (tertiary/aromatic N) is 2. The molecule has 5 rings (SSSR count). The number of ether oxygens (including phenoxy) is 2. The molecule has 4 heterocycles. The van der Waals surface area contributed by atoms with Crippen molar-refractivity contribution < 1.29 is 14.6 Å². The highest BCUT2D eigenvalue weighted by Crippen LogP contribution is 2.50. The van der Waals surface area contributed by atoms with Gasteiger partial charge in [-0.15, -0.1) is 0 Å². The second kappa shape index (κ2) is 5.84. The van der Waals surface area contributed by atoms with Crippen LogP contribution in [0.2, 0.25) is 0 Å². The predicted molar refractivity (Wildman–Crippen MR) is 100 cm³/mol. The van der Waals surface area contributed by atoms with Crippen LogP contribution in [0.15, 0.2) is 29.8 Å². The second-order valence-corrected chi connectivity index (χ2v) is 7.80. The van der Waals surface area contributed by atoms with Gasteiger partial charge in [0.1, 0.15) is 12.0 Å². The molecule has 4 atom stereocenters. The van der Waals surface area contributed by atoms with E-state index in [-0.39, 0.29) is 12.5 Å². The Kier molecular flexibility index (Phi) is 3.68. The molecule has 1 aromatic carbocycles. The van der Waals surface area contributed by atoms with E-state index in [4.69, 9.17) is 9.47 Å². The smallest absolute Gasteiger partial charge is 0.182 e. The molecular formula is C21H26N2O3. The molecule has 5 nitrogen and oxygen atoms in total. The fraction of sp³-hybridized carbons (Fsp3) is 0.524. The minimum atomic E-state index is -0.278. The molecule has 0 aliphatic carbocycles. The van der Waals surface area contributed by atoms with Gasteiger partial charge in [0.25, 0.3) is 0 Å². The molecule has 0 saturated carbocycles. The molecule has 5 heteroatoms. The summed E-state index contributed by atoms with van der Waals surface area (Å²) in [7, 11) is 3.96. The molecule has 138 valence electrons. The Balaban J connectivity index is 1.77. The highest BCUT2D eigenvalue weighted by atomic mass is 16.7. The van der Waals surface area contributed by atoms with Gasteiger partial charge < -0.3 is 19.1 Å². The van der Waals surface area contributed by atoms with Crippen molar-refractivity contribution in [2.24, 2.45) is 5.92 Å². The second-order valence-electron chi connectivity index (χ2n) is 7.80. The van der Waals surface area contributed by atoms with E-state index in [0.29, 0.717) is 17.7 Å². The Labute approximate surface area is 153 Å². The number of aromatic hydroxyl groups is 1. The van der Waals surface area contributed by atoms with Crippen molar-refractivity contribution in [1.82, 2.24) is 9.47 Å². The first-order valence-corrected chi connectivity index (χ1v) is 9.52. The van der Waals surface area contributed by atoms with E-state index in [9.17, 15) is 5.11 Å². The number of benzene rings is 1. The molecule has 0 spiro atoms. The van der Waals surface area contributed by atoms with E-state index >= 15 is 0 Å². The van der Waals surface area contributed by atoms with Crippen LogP contribution in [-0.2, 0) is 15.9 Å². The van der Waals surface area contributed by atoms with Gasteiger partial charge in [0.15, 0.2) is 6.29 Å². The number of likely N-dealkylation sites (N-methyl/N-ethyl adjacent to an activating group) is 1. The van der Waals surface area contributed by atoms with E-state index in [1.807, 2.05) is 12.1 Å². The first kappa shape index (κ1) is 16.4. The molecule has 0 amide bonds. The fourth-order valence-corrected chi connectivity index (χ4v) is 5.35. The van der Waals surface area contributed by atoms with Gasteiger partial charge in [-0.2, -0.15) is 0 Å². The quantitative estimate of drug-likeness (QED) is 0.793. The number of phenols is 1. The van der Waals surface area contributed by atoms with E-state index in [1.165, 1.54) is 22.2 Å². The molecule has 1 N–H and O–H groups in total. The molecule has 26 heavy (non-hydrogen) atoms. The van der Waals surface area contributed by atoms with Crippen LogP contribution in [-0.4, -0.2) is 41.6 Å². The van der Waals surface area contributed by atoms with Crippen LogP contribution < -0.4 is 0 Å². The van der Waals surface area contributed by atoms with Gasteiger partial charge in [-0.3, -0.25) is 4.90 Å². The van der Waals surface area contributed by atoms with Crippen LogP contribution in [0.4, 0.5) is 0 Å². The van der Waals surface area contributed by atoms with E-state index in [2.05, 4.69) is 29.5 Å². The summed E-state index contributed by atoms with van der Waals surface area (Å²) >= 11 is 0. The van der Waals surface area contributed by atoms with Gasteiger partial charge in [-0.05, 0) is 68.5 Å². The Morgan fingerprint density at radius 3 is 2.92 bits per heavy atom. The molecule has 2 aromatic rings. The number of hydrogen-bond acceptors (Lipinski definition) is 4.